The van der Waals surface area contributed by atoms with Gasteiger partial charge in [-0.3, -0.25) is 4.90 Å². The fraction of sp³-hybridized carbons (Fsp3) is 0.357. The normalized spacial score (nSPS) is 16.7. The summed E-state index contributed by atoms with van der Waals surface area (Å²) in [5.74, 6) is 0.571. The molecule has 1 aliphatic heterocycles. The molecule has 1 fully saturated rings. The Balaban J connectivity index is 1.70. The smallest absolute Gasteiger partial charge is 0.137 e. The third-order valence-corrected chi connectivity index (χ3v) is 3.35. The molecule has 0 bridgehead atoms. The molecular formula is C14H17FN4. The van der Waals surface area contributed by atoms with Crippen LogP contribution in [0.2, 0.25) is 0 Å². The molecule has 0 spiro atoms. The third-order valence-electron chi connectivity index (χ3n) is 3.35. The highest BCUT2D eigenvalue weighted by molar-refractivity contribution is 5.54. The highest BCUT2D eigenvalue weighted by atomic mass is 19.1. The van der Waals surface area contributed by atoms with Gasteiger partial charge in [0.15, 0.2) is 0 Å². The van der Waals surface area contributed by atoms with E-state index in [9.17, 15) is 4.39 Å². The predicted octanol–water partition coefficient (Wildman–Crippen LogP) is 1.62. The summed E-state index contributed by atoms with van der Waals surface area (Å²) in [6, 6.07) is 6.38. The van der Waals surface area contributed by atoms with Gasteiger partial charge in [0.1, 0.15) is 11.6 Å². The van der Waals surface area contributed by atoms with E-state index < -0.39 is 0 Å². The van der Waals surface area contributed by atoms with Gasteiger partial charge in [0.05, 0.1) is 0 Å². The van der Waals surface area contributed by atoms with Crippen molar-refractivity contribution >= 4 is 0 Å². The molecule has 5 heteroatoms. The lowest BCUT2D eigenvalue weighted by Gasteiger charge is -2.26. The molecule has 0 saturated carbocycles. The molecule has 0 atom stereocenters. The summed E-state index contributed by atoms with van der Waals surface area (Å²) in [5, 5.41) is 3.33. The van der Waals surface area contributed by atoms with Gasteiger partial charge in [-0.1, -0.05) is 0 Å². The van der Waals surface area contributed by atoms with Gasteiger partial charge in [-0.25, -0.2) is 9.37 Å². The number of piperazine rings is 1. The monoisotopic (exact) mass is 260 g/mol. The number of aromatic amines is 1. The highest BCUT2D eigenvalue weighted by Gasteiger charge is 2.11. The molecule has 100 valence electrons. The maximum absolute atomic E-state index is 12.9. The van der Waals surface area contributed by atoms with Crippen molar-refractivity contribution in [2.24, 2.45) is 0 Å². The zero-order valence-corrected chi connectivity index (χ0v) is 10.7. The molecule has 1 saturated heterocycles. The summed E-state index contributed by atoms with van der Waals surface area (Å²) in [4.78, 5) is 10.0. The summed E-state index contributed by atoms with van der Waals surface area (Å²) in [7, 11) is 0. The maximum Gasteiger partial charge on any atom is 0.137 e. The van der Waals surface area contributed by atoms with Crippen LogP contribution in [-0.2, 0) is 6.54 Å². The van der Waals surface area contributed by atoms with E-state index in [-0.39, 0.29) is 5.82 Å². The van der Waals surface area contributed by atoms with Crippen LogP contribution in [0.15, 0.2) is 30.5 Å². The molecule has 2 aromatic rings. The van der Waals surface area contributed by atoms with E-state index in [4.69, 9.17) is 0 Å². The van der Waals surface area contributed by atoms with Crippen molar-refractivity contribution in [2.45, 2.75) is 6.54 Å². The van der Waals surface area contributed by atoms with Crippen molar-refractivity contribution in [2.75, 3.05) is 26.2 Å². The molecule has 3 rings (SSSR count). The molecule has 0 unspecified atom stereocenters. The van der Waals surface area contributed by atoms with Crippen molar-refractivity contribution in [3.8, 4) is 11.4 Å². The number of nitrogens with one attached hydrogen (secondary N) is 2. The Morgan fingerprint density at radius 2 is 1.89 bits per heavy atom. The minimum Gasteiger partial charge on any atom is -0.341 e. The first-order valence-electron chi connectivity index (χ1n) is 6.54. The molecule has 1 aliphatic rings. The minimum atomic E-state index is -0.226. The van der Waals surface area contributed by atoms with E-state index in [2.05, 4.69) is 20.2 Å². The molecule has 1 aromatic carbocycles. The first-order valence-corrected chi connectivity index (χ1v) is 6.54. The Morgan fingerprint density at radius 1 is 1.16 bits per heavy atom. The molecule has 0 radical (unpaired) electrons. The second-order valence-corrected chi connectivity index (χ2v) is 4.79. The number of nitrogens with zero attached hydrogens (tertiary/aromatic N) is 2. The Bertz CT molecular complexity index is 529. The van der Waals surface area contributed by atoms with E-state index >= 15 is 0 Å². The Morgan fingerprint density at radius 3 is 2.63 bits per heavy atom. The number of benzene rings is 1. The van der Waals surface area contributed by atoms with Crippen molar-refractivity contribution in [1.29, 1.82) is 0 Å². The van der Waals surface area contributed by atoms with Crippen LogP contribution in [0, 0.1) is 5.82 Å². The van der Waals surface area contributed by atoms with Gasteiger partial charge >= 0.3 is 0 Å². The van der Waals surface area contributed by atoms with E-state index in [0.29, 0.717) is 0 Å². The highest BCUT2D eigenvalue weighted by Crippen LogP contribution is 2.16. The Kier molecular flexibility index (Phi) is 3.57. The number of halogens is 1. The standard InChI is InChI=1S/C14H17FN4/c15-12-3-1-11(2-4-12)14-17-9-13(18-14)10-19-7-5-16-6-8-19/h1-4,9,16H,5-8,10H2,(H,17,18). The van der Waals surface area contributed by atoms with E-state index in [1.165, 1.54) is 12.1 Å². The molecule has 2 N–H and O–H groups in total. The average Bonchev–Trinajstić information content (AvgIpc) is 2.89. The molecule has 0 aliphatic carbocycles. The summed E-state index contributed by atoms with van der Waals surface area (Å²) >= 11 is 0. The summed E-state index contributed by atoms with van der Waals surface area (Å²) in [6.45, 7) is 5.09. The van der Waals surface area contributed by atoms with Crippen LogP contribution in [0.4, 0.5) is 4.39 Å². The second kappa shape index (κ2) is 5.50. The average molecular weight is 260 g/mol. The topological polar surface area (TPSA) is 44.0 Å². The van der Waals surface area contributed by atoms with Gasteiger partial charge in [0.2, 0.25) is 0 Å². The lowest BCUT2D eigenvalue weighted by atomic mass is 10.2. The zero-order valence-electron chi connectivity index (χ0n) is 10.7. The second-order valence-electron chi connectivity index (χ2n) is 4.79. The van der Waals surface area contributed by atoms with Crippen LogP contribution < -0.4 is 5.32 Å². The first kappa shape index (κ1) is 12.3. The van der Waals surface area contributed by atoms with Crippen molar-refractivity contribution in [3.05, 3.63) is 42.0 Å². The molecule has 1 aromatic heterocycles. The van der Waals surface area contributed by atoms with Crippen molar-refractivity contribution < 1.29 is 4.39 Å². The van der Waals surface area contributed by atoms with Crippen LogP contribution in [0.5, 0.6) is 0 Å². The van der Waals surface area contributed by atoms with Crippen LogP contribution in [-0.4, -0.2) is 41.0 Å². The van der Waals surface area contributed by atoms with Crippen LogP contribution in [0.1, 0.15) is 5.69 Å². The first-order chi connectivity index (χ1) is 9.31. The molecule has 2 heterocycles. The number of hydrogen-bond acceptors (Lipinski definition) is 3. The van der Waals surface area contributed by atoms with Gasteiger partial charge in [-0.15, -0.1) is 0 Å². The van der Waals surface area contributed by atoms with E-state index in [0.717, 1.165) is 49.8 Å². The van der Waals surface area contributed by atoms with Gasteiger partial charge < -0.3 is 10.3 Å². The van der Waals surface area contributed by atoms with Gasteiger partial charge in [-0.2, -0.15) is 0 Å². The number of hydrogen-bond donors (Lipinski definition) is 2. The zero-order chi connectivity index (χ0) is 13.1. The fourth-order valence-corrected chi connectivity index (χ4v) is 2.30. The Labute approximate surface area is 111 Å². The maximum atomic E-state index is 12.9. The van der Waals surface area contributed by atoms with E-state index in [1.54, 1.807) is 12.1 Å². The quantitative estimate of drug-likeness (QED) is 0.881. The minimum absolute atomic E-state index is 0.226. The number of H-pyrrole nitrogens is 1. The predicted molar refractivity (Wildman–Crippen MR) is 72.1 cm³/mol. The van der Waals surface area contributed by atoms with Crippen LogP contribution in [0.3, 0.4) is 0 Å². The number of imidazole rings is 1. The van der Waals surface area contributed by atoms with Crippen LogP contribution in [0.25, 0.3) is 11.4 Å². The van der Waals surface area contributed by atoms with E-state index in [1.807, 2.05) is 6.20 Å². The number of rotatable bonds is 3. The van der Waals surface area contributed by atoms with Crippen molar-refractivity contribution in [3.63, 3.8) is 0 Å². The molecular weight excluding hydrogens is 243 g/mol. The van der Waals surface area contributed by atoms with Gasteiger partial charge in [-0.05, 0) is 24.3 Å². The van der Waals surface area contributed by atoms with Crippen LogP contribution >= 0.6 is 0 Å². The van der Waals surface area contributed by atoms with Gasteiger partial charge in [0.25, 0.3) is 0 Å². The largest absolute Gasteiger partial charge is 0.341 e. The molecule has 19 heavy (non-hydrogen) atoms. The number of aromatic nitrogens is 2. The molecule has 4 nitrogen and oxygen atoms in total. The molecule has 0 amide bonds. The lowest BCUT2D eigenvalue weighted by molar-refractivity contribution is 0.231. The summed E-state index contributed by atoms with van der Waals surface area (Å²) in [5.41, 5.74) is 2.01. The Hall–Kier alpha value is -1.72. The van der Waals surface area contributed by atoms with Gasteiger partial charge in [0, 0.05) is 50.2 Å². The lowest BCUT2D eigenvalue weighted by Crippen LogP contribution is -2.42. The van der Waals surface area contributed by atoms with Crippen molar-refractivity contribution in [1.82, 2.24) is 20.2 Å². The summed E-state index contributed by atoms with van der Waals surface area (Å²) in [6.07, 6.45) is 1.86. The third kappa shape index (κ3) is 3.00. The SMILES string of the molecule is Fc1ccc(-c2ncc(CN3CCNCC3)[nH]2)cc1. The summed E-state index contributed by atoms with van der Waals surface area (Å²) < 4.78 is 12.9. The fourth-order valence-electron chi connectivity index (χ4n) is 2.30.